The number of carboxylic acids is 1. The average Bonchev–Trinajstić information content (AvgIpc) is 2.53. The minimum absolute atomic E-state index is 0.0857. The number of aromatic nitrogens is 1. The van der Waals surface area contributed by atoms with Gasteiger partial charge in [-0.25, -0.2) is 0 Å². The lowest BCUT2D eigenvalue weighted by atomic mass is 9.93. The predicted molar refractivity (Wildman–Crippen MR) is 78.9 cm³/mol. The first kappa shape index (κ1) is 15.5. The van der Waals surface area contributed by atoms with E-state index in [1.807, 2.05) is 0 Å². The van der Waals surface area contributed by atoms with E-state index in [4.69, 9.17) is 5.11 Å². The van der Waals surface area contributed by atoms with Gasteiger partial charge in [-0.3, -0.25) is 14.6 Å². The lowest BCUT2D eigenvalue weighted by Crippen LogP contribution is -2.45. The summed E-state index contributed by atoms with van der Waals surface area (Å²) >= 11 is 0. The Bertz CT molecular complexity index is 484. The van der Waals surface area contributed by atoms with Crippen molar-refractivity contribution in [3.8, 4) is 0 Å². The van der Waals surface area contributed by atoms with Gasteiger partial charge < -0.3 is 10.0 Å². The van der Waals surface area contributed by atoms with E-state index in [2.05, 4.69) is 4.98 Å². The van der Waals surface area contributed by atoms with Gasteiger partial charge in [-0.2, -0.15) is 0 Å². The average molecular weight is 290 g/mol. The summed E-state index contributed by atoms with van der Waals surface area (Å²) in [6, 6.07) is 3.52. The lowest BCUT2D eigenvalue weighted by molar-refractivity contribution is -0.141. The van der Waals surface area contributed by atoms with Crippen LogP contribution in [0, 0.1) is 5.92 Å². The summed E-state index contributed by atoms with van der Waals surface area (Å²) in [5.74, 6) is -1.51. The van der Waals surface area contributed by atoms with Crippen molar-refractivity contribution < 1.29 is 14.7 Å². The summed E-state index contributed by atoms with van der Waals surface area (Å²) in [6.45, 7) is 1.92. The fraction of sp³-hybridized carbons (Fsp3) is 0.562. The molecule has 5 nitrogen and oxygen atoms in total. The van der Waals surface area contributed by atoms with Gasteiger partial charge in [0, 0.05) is 30.5 Å². The van der Waals surface area contributed by atoms with Gasteiger partial charge in [0.15, 0.2) is 0 Å². The molecular formula is C16H22N2O3. The number of hydrogen-bond donors (Lipinski definition) is 1. The van der Waals surface area contributed by atoms with E-state index in [9.17, 15) is 9.59 Å². The number of carboxylic acid groups (broad SMARTS) is 1. The Morgan fingerprint density at radius 3 is 2.48 bits per heavy atom. The molecule has 1 heterocycles. The predicted octanol–water partition coefficient (Wildman–Crippen LogP) is 2.58. The van der Waals surface area contributed by atoms with E-state index in [1.165, 1.54) is 6.42 Å². The number of hydrogen-bond acceptors (Lipinski definition) is 3. The highest BCUT2D eigenvalue weighted by Crippen LogP contribution is 2.25. The van der Waals surface area contributed by atoms with Crippen LogP contribution in [-0.4, -0.2) is 39.5 Å². The summed E-state index contributed by atoms with van der Waals surface area (Å²) in [5, 5.41) is 9.13. The van der Waals surface area contributed by atoms with Crippen LogP contribution in [0.4, 0.5) is 0 Å². The van der Waals surface area contributed by atoms with Crippen LogP contribution in [0.2, 0.25) is 0 Å². The highest BCUT2D eigenvalue weighted by molar-refractivity contribution is 5.94. The zero-order valence-electron chi connectivity index (χ0n) is 12.4. The molecule has 1 aromatic rings. The Labute approximate surface area is 125 Å². The van der Waals surface area contributed by atoms with Crippen LogP contribution in [0.1, 0.15) is 49.4 Å². The van der Waals surface area contributed by atoms with Gasteiger partial charge in [0.05, 0.1) is 5.92 Å². The van der Waals surface area contributed by atoms with Crippen molar-refractivity contribution >= 4 is 11.9 Å². The standard InChI is InChI=1S/C16H22N2O3/c1-12(16(20)21)11-18(14-5-3-2-4-6-14)15(19)13-7-9-17-10-8-13/h7-10,12,14H,2-6,11H2,1H3,(H,20,21). The molecule has 1 saturated carbocycles. The maximum absolute atomic E-state index is 12.7. The molecule has 1 aliphatic carbocycles. The monoisotopic (exact) mass is 290 g/mol. The third-order valence-corrected chi connectivity index (χ3v) is 4.10. The van der Waals surface area contributed by atoms with Gasteiger partial charge >= 0.3 is 5.97 Å². The molecule has 1 amide bonds. The van der Waals surface area contributed by atoms with Crippen molar-refractivity contribution in [3.63, 3.8) is 0 Å². The largest absolute Gasteiger partial charge is 0.481 e. The molecule has 1 aliphatic rings. The van der Waals surface area contributed by atoms with E-state index in [0.29, 0.717) is 5.56 Å². The zero-order chi connectivity index (χ0) is 15.2. The van der Waals surface area contributed by atoms with Crippen LogP contribution in [0.3, 0.4) is 0 Å². The maximum atomic E-state index is 12.7. The second-order valence-corrected chi connectivity index (χ2v) is 5.72. The van der Waals surface area contributed by atoms with Gasteiger partial charge in [-0.05, 0) is 25.0 Å². The molecule has 0 spiro atoms. The first-order valence-electron chi connectivity index (χ1n) is 7.53. The van der Waals surface area contributed by atoms with Crippen molar-refractivity contribution in [1.82, 2.24) is 9.88 Å². The van der Waals surface area contributed by atoms with Gasteiger partial charge in [-0.1, -0.05) is 26.2 Å². The summed E-state index contributed by atoms with van der Waals surface area (Å²) in [6.07, 6.45) is 8.51. The Hall–Kier alpha value is -1.91. The lowest BCUT2D eigenvalue weighted by Gasteiger charge is -2.35. The molecule has 0 aromatic carbocycles. The van der Waals surface area contributed by atoms with Crippen LogP contribution >= 0.6 is 0 Å². The van der Waals surface area contributed by atoms with Gasteiger partial charge in [0.1, 0.15) is 0 Å². The number of amides is 1. The van der Waals surface area contributed by atoms with E-state index in [-0.39, 0.29) is 18.5 Å². The number of carbonyl (C=O) groups is 2. The van der Waals surface area contributed by atoms with Crippen molar-refractivity contribution in [3.05, 3.63) is 30.1 Å². The number of pyridine rings is 1. The molecule has 1 unspecified atom stereocenters. The first-order valence-corrected chi connectivity index (χ1v) is 7.53. The van der Waals surface area contributed by atoms with Gasteiger partial charge in [0.2, 0.25) is 0 Å². The molecule has 0 radical (unpaired) electrons. The third kappa shape index (κ3) is 4.03. The van der Waals surface area contributed by atoms with E-state index in [1.54, 1.807) is 36.4 Å². The first-order chi connectivity index (χ1) is 10.1. The number of aliphatic carboxylic acids is 1. The highest BCUT2D eigenvalue weighted by Gasteiger charge is 2.29. The Kier molecular flexibility index (Phi) is 5.31. The maximum Gasteiger partial charge on any atom is 0.308 e. The zero-order valence-corrected chi connectivity index (χ0v) is 12.4. The highest BCUT2D eigenvalue weighted by atomic mass is 16.4. The van der Waals surface area contributed by atoms with Crippen LogP contribution in [0.15, 0.2) is 24.5 Å². The van der Waals surface area contributed by atoms with Crippen molar-refractivity contribution in [2.24, 2.45) is 5.92 Å². The minimum Gasteiger partial charge on any atom is -0.481 e. The van der Waals surface area contributed by atoms with Crippen molar-refractivity contribution in [1.29, 1.82) is 0 Å². The molecule has 0 aliphatic heterocycles. The van der Waals surface area contributed by atoms with Crippen LogP contribution in [-0.2, 0) is 4.79 Å². The molecule has 2 rings (SSSR count). The molecule has 5 heteroatoms. The fourth-order valence-corrected chi connectivity index (χ4v) is 2.82. The third-order valence-electron chi connectivity index (χ3n) is 4.10. The van der Waals surface area contributed by atoms with Crippen LogP contribution in [0.25, 0.3) is 0 Å². The van der Waals surface area contributed by atoms with E-state index in [0.717, 1.165) is 25.7 Å². The molecule has 21 heavy (non-hydrogen) atoms. The van der Waals surface area contributed by atoms with Gasteiger partial charge in [0.25, 0.3) is 5.91 Å². The topological polar surface area (TPSA) is 70.5 Å². The molecule has 114 valence electrons. The Morgan fingerprint density at radius 1 is 1.29 bits per heavy atom. The fourth-order valence-electron chi connectivity index (χ4n) is 2.82. The second-order valence-electron chi connectivity index (χ2n) is 5.72. The normalized spacial score (nSPS) is 17.2. The second kappa shape index (κ2) is 7.20. The molecule has 1 N–H and O–H groups in total. The summed E-state index contributed by atoms with van der Waals surface area (Å²) in [5.41, 5.74) is 0.577. The Morgan fingerprint density at radius 2 is 1.90 bits per heavy atom. The van der Waals surface area contributed by atoms with Gasteiger partial charge in [-0.15, -0.1) is 0 Å². The molecular weight excluding hydrogens is 268 g/mol. The summed E-state index contributed by atoms with van der Waals surface area (Å²) in [4.78, 5) is 29.5. The number of nitrogens with zero attached hydrogens (tertiary/aromatic N) is 2. The van der Waals surface area contributed by atoms with Crippen molar-refractivity contribution in [2.45, 2.75) is 45.1 Å². The molecule has 1 aromatic heterocycles. The Balaban J connectivity index is 2.18. The number of rotatable bonds is 5. The minimum atomic E-state index is -0.863. The summed E-state index contributed by atoms with van der Waals surface area (Å²) < 4.78 is 0. The quantitative estimate of drug-likeness (QED) is 0.904. The molecule has 1 fully saturated rings. The van der Waals surface area contributed by atoms with Crippen molar-refractivity contribution in [2.75, 3.05) is 6.54 Å². The van der Waals surface area contributed by atoms with Crippen LogP contribution < -0.4 is 0 Å². The van der Waals surface area contributed by atoms with E-state index < -0.39 is 11.9 Å². The molecule has 1 atom stereocenters. The SMILES string of the molecule is CC(CN(C(=O)c1ccncc1)C1CCCCC1)C(=O)O. The smallest absolute Gasteiger partial charge is 0.308 e. The van der Waals surface area contributed by atoms with E-state index >= 15 is 0 Å². The van der Waals surface area contributed by atoms with Crippen LogP contribution in [0.5, 0.6) is 0 Å². The molecule has 0 saturated heterocycles. The number of carbonyl (C=O) groups excluding carboxylic acids is 1. The summed E-state index contributed by atoms with van der Waals surface area (Å²) in [7, 11) is 0. The molecule has 0 bridgehead atoms.